The minimum absolute atomic E-state index is 0.678. The molecule has 2 nitrogen and oxygen atoms in total. The fraction of sp³-hybridized carbons (Fsp3) is 0.143. The summed E-state index contributed by atoms with van der Waals surface area (Å²) in [4.78, 5) is 15.0. The maximum absolute atomic E-state index is 10.3. The number of rotatable bonds is 3. The number of nitrogens with zero attached hydrogens (tertiary/aromatic N) is 1. The minimum atomic E-state index is 0.678. The van der Waals surface area contributed by atoms with Crippen molar-refractivity contribution >= 4 is 17.6 Å². The Kier molecular flexibility index (Phi) is 2.34. The molecule has 0 aromatic carbocycles. The topological polar surface area (TPSA) is 30.0 Å². The number of thiazole rings is 1. The number of aromatic nitrogens is 1. The number of hydrogen-bond donors (Lipinski definition) is 0. The van der Waals surface area contributed by atoms with E-state index in [1.165, 1.54) is 11.3 Å². The fourth-order valence-electron chi connectivity index (χ4n) is 0.664. The van der Waals surface area contributed by atoms with Crippen molar-refractivity contribution in [2.75, 3.05) is 0 Å². The highest BCUT2D eigenvalue weighted by Crippen LogP contribution is 2.10. The monoisotopic (exact) mass is 153 g/mol. The Morgan fingerprint density at radius 3 is 3.20 bits per heavy atom. The third-order valence-electron chi connectivity index (χ3n) is 1.12. The second-order valence-electron chi connectivity index (χ2n) is 1.77. The lowest BCUT2D eigenvalue weighted by atomic mass is 10.3. The molecule has 0 N–H and O–H groups in total. The molecule has 0 spiro atoms. The smallest absolute Gasteiger partial charge is 0.161 e. The zero-order valence-electron chi connectivity index (χ0n) is 5.41. The molecule has 0 radical (unpaired) electrons. The van der Waals surface area contributed by atoms with Crippen LogP contribution < -0.4 is 0 Å². The molecule has 0 saturated heterocycles. The molecular weight excluding hydrogens is 146 g/mol. The van der Waals surface area contributed by atoms with E-state index < -0.39 is 0 Å². The molecule has 0 saturated carbocycles. The zero-order chi connectivity index (χ0) is 7.40. The van der Waals surface area contributed by atoms with Crippen LogP contribution in [0.3, 0.4) is 0 Å². The van der Waals surface area contributed by atoms with E-state index in [-0.39, 0.29) is 0 Å². The first-order valence-corrected chi connectivity index (χ1v) is 3.75. The van der Waals surface area contributed by atoms with Gasteiger partial charge in [-0.3, -0.25) is 4.79 Å². The maximum atomic E-state index is 10.3. The highest BCUT2D eigenvalue weighted by atomic mass is 32.1. The van der Waals surface area contributed by atoms with Crippen molar-refractivity contribution in [3.8, 4) is 0 Å². The molecule has 0 atom stereocenters. The molecule has 0 aliphatic carbocycles. The Balaban J connectivity index is 2.89. The summed E-state index contributed by atoms with van der Waals surface area (Å²) in [6, 6.07) is 0. The van der Waals surface area contributed by atoms with E-state index in [9.17, 15) is 4.79 Å². The van der Waals surface area contributed by atoms with Crippen LogP contribution in [0.5, 0.6) is 0 Å². The van der Waals surface area contributed by atoms with Gasteiger partial charge in [-0.1, -0.05) is 6.08 Å². The van der Waals surface area contributed by atoms with Gasteiger partial charge in [0.05, 0.1) is 16.1 Å². The molecule has 1 heterocycles. The van der Waals surface area contributed by atoms with Crippen molar-refractivity contribution in [1.29, 1.82) is 0 Å². The second-order valence-corrected chi connectivity index (χ2v) is 2.66. The van der Waals surface area contributed by atoms with Crippen LogP contribution in [-0.4, -0.2) is 11.3 Å². The van der Waals surface area contributed by atoms with Gasteiger partial charge in [0.25, 0.3) is 0 Å². The van der Waals surface area contributed by atoms with Crippen molar-refractivity contribution in [3.05, 3.63) is 28.7 Å². The summed E-state index contributed by atoms with van der Waals surface area (Å²) in [5.41, 5.74) is 2.50. The van der Waals surface area contributed by atoms with Crippen molar-refractivity contribution in [2.24, 2.45) is 0 Å². The molecule has 10 heavy (non-hydrogen) atoms. The molecular formula is C7H7NOS. The lowest BCUT2D eigenvalue weighted by Crippen LogP contribution is -1.85. The molecule has 1 aromatic rings. The summed E-state index contributed by atoms with van der Waals surface area (Å²) < 4.78 is 0. The lowest BCUT2D eigenvalue weighted by molar-refractivity contribution is 0.112. The number of carbonyl (C=O) groups excluding carboxylic acids is 1. The Morgan fingerprint density at radius 2 is 2.60 bits per heavy atom. The van der Waals surface area contributed by atoms with Gasteiger partial charge >= 0.3 is 0 Å². The summed E-state index contributed by atoms with van der Waals surface area (Å²) in [5, 5.41) is 0. The predicted octanol–water partition coefficient (Wildman–Crippen LogP) is 1.68. The Bertz CT molecular complexity index is 242. The predicted molar refractivity (Wildman–Crippen MR) is 41.4 cm³/mol. The fourth-order valence-corrected chi connectivity index (χ4v) is 1.29. The number of allylic oxidation sites excluding steroid dienone is 1. The summed E-state index contributed by atoms with van der Waals surface area (Å²) in [7, 11) is 0. The molecule has 1 aromatic heterocycles. The van der Waals surface area contributed by atoms with Gasteiger partial charge in [-0.15, -0.1) is 17.9 Å². The molecule has 0 amide bonds. The Hall–Kier alpha value is -0.960. The van der Waals surface area contributed by atoms with Gasteiger partial charge in [0, 0.05) is 6.42 Å². The largest absolute Gasteiger partial charge is 0.297 e. The van der Waals surface area contributed by atoms with Crippen LogP contribution in [-0.2, 0) is 6.42 Å². The lowest BCUT2D eigenvalue weighted by Gasteiger charge is -1.86. The molecule has 3 heteroatoms. The van der Waals surface area contributed by atoms with E-state index >= 15 is 0 Å². The number of carbonyl (C=O) groups is 1. The van der Waals surface area contributed by atoms with Gasteiger partial charge in [-0.05, 0) is 0 Å². The van der Waals surface area contributed by atoms with Crippen molar-refractivity contribution < 1.29 is 4.79 Å². The van der Waals surface area contributed by atoms with Gasteiger partial charge in [0.15, 0.2) is 6.29 Å². The quantitative estimate of drug-likeness (QED) is 0.488. The highest BCUT2D eigenvalue weighted by molar-refractivity contribution is 7.11. The Morgan fingerprint density at radius 1 is 1.80 bits per heavy atom. The van der Waals surface area contributed by atoms with E-state index in [1.807, 2.05) is 0 Å². The van der Waals surface area contributed by atoms with Crippen molar-refractivity contribution in [2.45, 2.75) is 6.42 Å². The molecule has 0 bridgehead atoms. The molecule has 52 valence electrons. The molecule has 1 rings (SSSR count). The maximum Gasteiger partial charge on any atom is 0.161 e. The van der Waals surface area contributed by atoms with Crippen LogP contribution in [0.25, 0.3) is 0 Å². The van der Waals surface area contributed by atoms with E-state index in [4.69, 9.17) is 0 Å². The first kappa shape index (κ1) is 7.15. The molecule has 0 unspecified atom stereocenters. The average Bonchev–Trinajstić information content (AvgIpc) is 2.36. The van der Waals surface area contributed by atoms with Gasteiger partial charge in [-0.2, -0.15) is 0 Å². The summed E-state index contributed by atoms with van der Waals surface area (Å²) >= 11 is 1.36. The number of hydrogen-bond acceptors (Lipinski definition) is 3. The Labute approximate surface area is 63.2 Å². The molecule has 0 fully saturated rings. The SMILES string of the molecule is C=CCc1ncsc1C=O. The van der Waals surface area contributed by atoms with Gasteiger partial charge < -0.3 is 0 Å². The number of aldehydes is 1. The summed E-state index contributed by atoms with van der Waals surface area (Å²) in [6.07, 6.45) is 3.25. The van der Waals surface area contributed by atoms with Crippen LogP contribution >= 0.6 is 11.3 Å². The van der Waals surface area contributed by atoms with Crippen molar-refractivity contribution in [3.63, 3.8) is 0 Å². The standard InChI is InChI=1S/C7H7NOS/c1-2-3-6-7(4-9)10-5-8-6/h2,4-5H,1,3H2. The second kappa shape index (κ2) is 3.27. The van der Waals surface area contributed by atoms with Crippen LogP contribution in [0.2, 0.25) is 0 Å². The van der Waals surface area contributed by atoms with E-state index in [1.54, 1.807) is 11.6 Å². The van der Waals surface area contributed by atoms with Gasteiger partial charge in [0.1, 0.15) is 0 Å². The molecule has 0 aliphatic rings. The van der Waals surface area contributed by atoms with Crippen LogP contribution in [0.15, 0.2) is 18.2 Å². The van der Waals surface area contributed by atoms with E-state index in [2.05, 4.69) is 11.6 Å². The van der Waals surface area contributed by atoms with Crippen LogP contribution in [0, 0.1) is 0 Å². The summed E-state index contributed by atoms with van der Waals surface area (Å²) in [5.74, 6) is 0. The zero-order valence-corrected chi connectivity index (χ0v) is 6.23. The highest BCUT2D eigenvalue weighted by Gasteiger charge is 2.00. The average molecular weight is 153 g/mol. The van der Waals surface area contributed by atoms with Gasteiger partial charge in [0.2, 0.25) is 0 Å². The molecule has 0 aliphatic heterocycles. The summed E-state index contributed by atoms with van der Waals surface area (Å²) in [6.45, 7) is 3.56. The first-order chi connectivity index (χ1) is 4.88. The minimum Gasteiger partial charge on any atom is -0.297 e. The third kappa shape index (κ3) is 1.30. The van der Waals surface area contributed by atoms with Crippen molar-refractivity contribution in [1.82, 2.24) is 4.98 Å². The van der Waals surface area contributed by atoms with Gasteiger partial charge in [-0.25, -0.2) is 4.98 Å². The first-order valence-electron chi connectivity index (χ1n) is 2.87. The van der Waals surface area contributed by atoms with E-state index in [0.29, 0.717) is 11.3 Å². The van der Waals surface area contributed by atoms with Crippen LogP contribution in [0.4, 0.5) is 0 Å². The third-order valence-corrected chi connectivity index (χ3v) is 1.91. The normalized spacial score (nSPS) is 9.20. The van der Waals surface area contributed by atoms with E-state index in [0.717, 1.165) is 12.0 Å². The van der Waals surface area contributed by atoms with Crippen LogP contribution in [0.1, 0.15) is 15.4 Å².